The number of nitriles is 1. The monoisotopic (exact) mass is 621 g/mol. The number of nitrogens with one attached hydrogen (secondary N) is 1. The van der Waals surface area contributed by atoms with E-state index in [4.69, 9.17) is 19.4 Å². The van der Waals surface area contributed by atoms with Crippen LogP contribution in [-0.2, 0) is 0 Å². The molecule has 0 saturated carbocycles. The van der Waals surface area contributed by atoms with Gasteiger partial charge in [-0.05, 0) is 37.6 Å². The van der Waals surface area contributed by atoms with Crippen LogP contribution < -0.4 is 19.7 Å². The largest absolute Gasteiger partial charge is 0.472 e. The van der Waals surface area contributed by atoms with E-state index in [0.29, 0.717) is 60.2 Å². The maximum absolute atomic E-state index is 17.0. The maximum Gasteiger partial charge on any atom is 0.319 e. The predicted octanol–water partition coefficient (Wildman–Crippen LogP) is 5.07. The summed E-state index contributed by atoms with van der Waals surface area (Å²) < 4.78 is 44.6. The summed E-state index contributed by atoms with van der Waals surface area (Å²) in [5, 5.41) is 15.5. The summed E-state index contributed by atoms with van der Waals surface area (Å²) in [6.45, 7) is 8.01. The smallest absolute Gasteiger partial charge is 0.319 e. The molecule has 7 heterocycles. The van der Waals surface area contributed by atoms with Crippen molar-refractivity contribution in [3.8, 4) is 29.2 Å². The highest BCUT2D eigenvalue weighted by molar-refractivity contribution is 6.03. The van der Waals surface area contributed by atoms with E-state index < -0.39 is 17.5 Å². The van der Waals surface area contributed by atoms with Crippen LogP contribution in [-0.4, -0.2) is 82.0 Å². The van der Waals surface area contributed by atoms with Gasteiger partial charge in [-0.2, -0.15) is 15.2 Å². The molecular weight excluding hydrogens is 588 g/mol. The molecule has 2 aromatic carbocycles. The number of fused-ring (bicyclic) bond motifs is 7. The van der Waals surface area contributed by atoms with E-state index in [9.17, 15) is 9.65 Å². The van der Waals surface area contributed by atoms with Crippen LogP contribution in [0.5, 0.6) is 11.9 Å². The van der Waals surface area contributed by atoms with Gasteiger partial charge < -0.3 is 19.7 Å². The van der Waals surface area contributed by atoms with Gasteiger partial charge in [0, 0.05) is 49.1 Å². The average molecular weight is 622 g/mol. The lowest BCUT2D eigenvalue weighted by Crippen LogP contribution is -2.62. The van der Waals surface area contributed by atoms with Crippen LogP contribution in [0.3, 0.4) is 0 Å². The van der Waals surface area contributed by atoms with E-state index in [-0.39, 0.29) is 53.9 Å². The first-order chi connectivity index (χ1) is 22.3. The molecule has 0 radical (unpaired) electrons. The zero-order valence-electron chi connectivity index (χ0n) is 25.5. The zero-order valence-corrected chi connectivity index (χ0v) is 25.5. The number of rotatable bonds is 4. The standard InChI is InChI=1S/C35H33F2N7O2/c1-18-11-35(12-22(36)15-43(35)14-18)17-45-34-41-30-27-32(42-34)44-16-23-9-10-25(39-23)31(44)19(2)46-33(27)40-29(28(30)37)24-8-4-6-20-5-3-7-21(13-38)26(20)24/h3-8,19,22-23,25,31,39H,1,9-12,14-17H2,2H3/t19-,22+,23+,25-,31+,35?/m0/s1. The second-order valence-corrected chi connectivity index (χ2v) is 13.6. The molecule has 2 bridgehead atoms. The molecule has 46 heavy (non-hydrogen) atoms. The fourth-order valence-electron chi connectivity index (χ4n) is 8.81. The Morgan fingerprint density at radius 1 is 1.15 bits per heavy atom. The van der Waals surface area contributed by atoms with Crippen LogP contribution in [0.4, 0.5) is 14.6 Å². The molecule has 6 atom stereocenters. The molecule has 5 aliphatic rings. The number of benzene rings is 2. The Hall–Kier alpha value is -4.40. The normalized spacial score (nSPS) is 29.8. The number of piperazine rings is 1. The van der Waals surface area contributed by atoms with E-state index >= 15 is 4.39 Å². The molecule has 9 nitrogen and oxygen atoms in total. The molecule has 4 saturated heterocycles. The minimum atomic E-state index is -0.942. The second kappa shape index (κ2) is 10.0. The zero-order chi connectivity index (χ0) is 31.3. The number of alkyl halides is 1. The van der Waals surface area contributed by atoms with E-state index in [0.717, 1.165) is 23.8 Å². The van der Waals surface area contributed by atoms with Gasteiger partial charge in [0.1, 0.15) is 41.3 Å². The highest BCUT2D eigenvalue weighted by Crippen LogP contribution is 2.46. The van der Waals surface area contributed by atoms with Crippen molar-refractivity contribution in [3.05, 3.63) is 59.9 Å². The highest BCUT2D eigenvalue weighted by Gasteiger charge is 2.51. The summed E-state index contributed by atoms with van der Waals surface area (Å²) in [4.78, 5) is 18.8. The van der Waals surface area contributed by atoms with Gasteiger partial charge in [-0.3, -0.25) is 4.90 Å². The van der Waals surface area contributed by atoms with Crippen molar-refractivity contribution < 1.29 is 18.3 Å². The number of nitrogens with zero attached hydrogens (tertiary/aromatic N) is 6. The molecule has 0 spiro atoms. The van der Waals surface area contributed by atoms with Gasteiger partial charge in [0.15, 0.2) is 5.82 Å². The average Bonchev–Trinajstić information content (AvgIpc) is 3.64. The first-order valence-electron chi connectivity index (χ1n) is 16.0. The van der Waals surface area contributed by atoms with Gasteiger partial charge in [0.05, 0.1) is 23.2 Å². The molecule has 0 amide bonds. The predicted molar refractivity (Wildman–Crippen MR) is 169 cm³/mol. The van der Waals surface area contributed by atoms with Crippen molar-refractivity contribution in [1.82, 2.24) is 25.2 Å². The van der Waals surface area contributed by atoms with E-state index in [1.807, 2.05) is 31.2 Å². The molecular formula is C35H33F2N7O2. The van der Waals surface area contributed by atoms with Gasteiger partial charge in [-0.25, -0.2) is 13.8 Å². The minimum absolute atomic E-state index is 0.0356. The number of aromatic nitrogens is 3. The van der Waals surface area contributed by atoms with Crippen LogP contribution in [0.15, 0.2) is 48.6 Å². The molecule has 234 valence electrons. The Bertz CT molecular complexity index is 1990. The van der Waals surface area contributed by atoms with Gasteiger partial charge in [0.2, 0.25) is 5.88 Å². The molecule has 1 unspecified atom stereocenters. The number of pyridine rings is 1. The molecule has 0 aliphatic carbocycles. The third-order valence-corrected chi connectivity index (χ3v) is 10.7. The lowest BCUT2D eigenvalue weighted by atomic mass is 9.93. The third-order valence-electron chi connectivity index (χ3n) is 10.7. The van der Waals surface area contributed by atoms with Crippen molar-refractivity contribution in [2.45, 2.75) is 68.5 Å². The Morgan fingerprint density at radius 2 is 2.00 bits per heavy atom. The van der Waals surface area contributed by atoms with Crippen molar-refractivity contribution in [1.29, 1.82) is 5.26 Å². The SMILES string of the molecule is C=C1CN2C[C@H](F)CC2(COc2nc3c4c(nc(-c5cccc6cccc(C#N)c56)c(F)c4n2)O[C@@H](C)[C@@H]2[C@@H]4CC[C@H](CN32)N4)C1. The minimum Gasteiger partial charge on any atom is -0.472 e. The first-order valence-corrected chi connectivity index (χ1v) is 16.0. The van der Waals surface area contributed by atoms with Crippen LogP contribution in [0.2, 0.25) is 0 Å². The number of anilines is 1. The summed E-state index contributed by atoms with van der Waals surface area (Å²) in [6, 6.07) is 13.6. The Morgan fingerprint density at radius 3 is 2.85 bits per heavy atom. The van der Waals surface area contributed by atoms with E-state index in [1.165, 1.54) is 0 Å². The van der Waals surface area contributed by atoms with Crippen molar-refractivity contribution in [2.24, 2.45) is 0 Å². The summed E-state index contributed by atoms with van der Waals surface area (Å²) in [6.07, 6.45) is 1.79. The molecule has 5 aliphatic heterocycles. The first kappa shape index (κ1) is 27.9. The van der Waals surface area contributed by atoms with Crippen LogP contribution in [0.25, 0.3) is 32.9 Å². The van der Waals surface area contributed by atoms with Crippen LogP contribution >= 0.6 is 0 Å². The molecule has 9 rings (SSSR count). The Kier molecular flexibility index (Phi) is 6.09. The lowest BCUT2D eigenvalue weighted by molar-refractivity contribution is 0.107. The van der Waals surface area contributed by atoms with Gasteiger partial charge in [-0.15, -0.1) is 0 Å². The fraction of sp³-hybridized carbons (Fsp3) is 0.429. The third kappa shape index (κ3) is 4.06. The number of hydrogen-bond acceptors (Lipinski definition) is 9. The molecule has 4 fully saturated rings. The molecule has 1 N–H and O–H groups in total. The summed E-state index contributed by atoms with van der Waals surface area (Å²) in [5.74, 6) is 0.153. The van der Waals surface area contributed by atoms with Crippen LogP contribution in [0, 0.1) is 17.1 Å². The second-order valence-electron chi connectivity index (χ2n) is 13.6. The van der Waals surface area contributed by atoms with E-state index in [1.54, 1.807) is 12.1 Å². The van der Waals surface area contributed by atoms with Gasteiger partial charge >= 0.3 is 6.01 Å². The number of halogens is 2. The van der Waals surface area contributed by atoms with Crippen LogP contribution in [0.1, 0.15) is 38.2 Å². The van der Waals surface area contributed by atoms with E-state index in [2.05, 4.69) is 32.7 Å². The molecule has 2 aromatic heterocycles. The summed E-state index contributed by atoms with van der Waals surface area (Å²) in [7, 11) is 0. The topological polar surface area (TPSA) is 99.4 Å². The quantitative estimate of drug-likeness (QED) is 0.313. The highest BCUT2D eigenvalue weighted by atomic mass is 19.1. The van der Waals surface area contributed by atoms with Gasteiger partial charge in [-0.1, -0.05) is 42.5 Å². The summed E-state index contributed by atoms with van der Waals surface area (Å²) in [5.41, 5.74) is 1.51. The van der Waals surface area contributed by atoms with Gasteiger partial charge in [0.25, 0.3) is 0 Å². The van der Waals surface area contributed by atoms with Crippen molar-refractivity contribution in [3.63, 3.8) is 0 Å². The summed E-state index contributed by atoms with van der Waals surface area (Å²) >= 11 is 0. The fourth-order valence-corrected chi connectivity index (χ4v) is 8.81. The molecule has 11 heteroatoms. The van der Waals surface area contributed by atoms with Crippen molar-refractivity contribution >= 4 is 27.5 Å². The lowest BCUT2D eigenvalue weighted by Gasteiger charge is -2.42. The Labute approximate surface area is 264 Å². The Balaban J connectivity index is 1.24. The van der Waals surface area contributed by atoms with Crippen molar-refractivity contribution in [2.75, 3.05) is 31.1 Å². The maximum atomic E-state index is 17.0. The number of hydrogen-bond donors (Lipinski definition) is 1. The number of ether oxygens (including phenoxy) is 2. The molecule has 4 aromatic rings.